The first-order chi connectivity index (χ1) is 9.18. The molecule has 2 N–H and O–H groups in total. The monoisotopic (exact) mass is 267 g/mol. The highest BCUT2D eigenvalue weighted by Gasteiger charge is 2.33. The molecule has 19 heavy (non-hydrogen) atoms. The van der Waals surface area contributed by atoms with E-state index in [0.717, 1.165) is 12.5 Å². The summed E-state index contributed by atoms with van der Waals surface area (Å²) in [5, 5.41) is 0. The Morgan fingerprint density at radius 2 is 1.74 bits per heavy atom. The van der Waals surface area contributed by atoms with Gasteiger partial charge >= 0.3 is 0 Å². The maximum Gasteiger partial charge on any atom is 0.0303 e. The average Bonchev–Trinajstić information content (AvgIpc) is 2.92. The van der Waals surface area contributed by atoms with Crippen LogP contribution in [0.25, 0.3) is 0 Å². The minimum atomic E-state index is 0.243. The molecule has 0 aromatic carbocycles. The van der Waals surface area contributed by atoms with E-state index >= 15 is 0 Å². The van der Waals surface area contributed by atoms with Gasteiger partial charge in [-0.2, -0.15) is 0 Å². The number of nitrogens with two attached hydrogens (primary N) is 1. The zero-order valence-corrected chi connectivity index (χ0v) is 13.0. The van der Waals surface area contributed by atoms with E-state index < -0.39 is 0 Å². The molecule has 3 nitrogen and oxygen atoms in total. The van der Waals surface area contributed by atoms with Crippen LogP contribution in [0.5, 0.6) is 0 Å². The molecule has 2 heterocycles. The minimum Gasteiger partial charge on any atom is -0.329 e. The normalized spacial score (nSPS) is 26.7. The van der Waals surface area contributed by atoms with Crippen LogP contribution in [0.2, 0.25) is 0 Å². The number of rotatable bonds is 6. The van der Waals surface area contributed by atoms with Gasteiger partial charge in [0.15, 0.2) is 0 Å². The lowest BCUT2D eigenvalue weighted by atomic mass is 9.88. The molecule has 0 spiro atoms. The Balaban J connectivity index is 1.77. The van der Waals surface area contributed by atoms with Gasteiger partial charge in [-0.25, -0.2) is 0 Å². The number of hydrogen-bond acceptors (Lipinski definition) is 3. The molecule has 2 aliphatic rings. The maximum absolute atomic E-state index is 6.04. The Hall–Kier alpha value is -0.120. The summed E-state index contributed by atoms with van der Waals surface area (Å²) >= 11 is 0. The second kappa shape index (κ2) is 7.05. The van der Waals surface area contributed by atoms with Crippen LogP contribution in [-0.2, 0) is 0 Å². The summed E-state index contributed by atoms with van der Waals surface area (Å²) in [5.41, 5.74) is 6.28. The van der Waals surface area contributed by atoms with Crippen molar-refractivity contribution in [1.82, 2.24) is 9.80 Å². The zero-order valence-electron chi connectivity index (χ0n) is 13.0. The Morgan fingerprint density at radius 1 is 1.11 bits per heavy atom. The van der Waals surface area contributed by atoms with Crippen molar-refractivity contribution in [2.24, 2.45) is 11.7 Å². The fourth-order valence-electron chi connectivity index (χ4n) is 3.91. The van der Waals surface area contributed by atoms with Gasteiger partial charge in [0.1, 0.15) is 0 Å². The summed E-state index contributed by atoms with van der Waals surface area (Å²) in [6.07, 6.45) is 8.05. The topological polar surface area (TPSA) is 32.5 Å². The number of hydrogen-bond donors (Lipinski definition) is 1. The molecule has 0 aromatic rings. The van der Waals surface area contributed by atoms with E-state index in [-0.39, 0.29) is 5.54 Å². The van der Waals surface area contributed by atoms with Crippen molar-refractivity contribution >= 4 is 0 Å². The van der Waals surface area contributed by atoms with Crippen LogP contribution in [0.4, 0.5) is 0 Å². The van der Waals surface area contributed by atoms with Crippen LogP contribution < -0.4 is 5.73 Å². The smallest absolute Gasteiger partial charge is 0.0303 e. The van der Waals surface area contributed by atoms with E-state index in [1.165, 1.54) is 71.2 Å². The van der Waals surface area contributed by atoms with Gasteiger partial charge in [0, 0.05) is 18.6 Å². The highest BCUT2D eigenvalue weighted by Crippen LogP contribution is 2.28. The molecule has 112 valence electrons. The Labute approximate surface area is 119 Å². The highest BCUT2D eigenvalue weighted by atomic mass is 15.2. The number of piperidine rings is 1. The molecule has 0 amide bonds. The molecular formula is C16H33N3. The molecule has 2 fully saturated rings. The summed E-state index contributed by atoms with van der Waals surface area (Å²) in [6.45, 7) is 12.0. The highest BCUT2D eigenvalue weighted by molar-refractivity contribution is 4.90. The SMILES string of the molecule is CCCC(C)(CN)N1CCC(CN2CCCC2)CC1. The third kappa shape index (κ3) is 3.93. The van der Waals surface area contributed by atoms with Crippen molar-refractivity contribution in [2.75, 3.05) is 39.3 Å². The van der Waals surface area contributed by atoms with Crippen LogP contribution in [0, 0.1) is 5.92 Å². The van der Waals surface area contributed by atoms with Crippen LogP contribution in [0.3, 0.4) is 0 Å². The molecule has 2 saturated heterocycles. The van der Waals surface area contributed by atoms with Crippen molar-refractivity contribution in [1.29, 1.82) is 0 Å². The minimum absolute atomic E-state index is 0.243. The fraction of sp³-hybridized carbons (Fsp3) is 1.00. The maximum atomic E-state index is 6.04. The van der Waals surface area contributed by atoms with Crippen LogP contribution in [0.1, 0.15) is 52.4 Å². The first-order valence-corrected chi connectivity index (χ1v) is 8.35. The summed E-state index contributed by atoms with van der Waals surface area (Å²) in [4.78, 5) is 5.34. The lowest BCUT2D eigenvalue weighted by Crippen LogP contribution is -2.54. The summed E-state index contributed by atoms with van der Waals surface area (Å²) in [5.74, 6) is 0.929. The van der Waals surface area contributed by atoms with E-state index in [1.54, 1.807) is 0 Å². The molecule has 3 heteroatoms. The average molecular weight is 267 g/mol. The largest absolute Gasteiger partial charge is 0.329 e. The van der Waals surface area contributed by atoms with E-state index in [0.29, 0.717) is 0 Å². The zero-order chi connectivity index (χ0) is 13.7. The van der Waals surface area contributed by atoms with Crippen LogP contribution in [0.15, 0.2) is 0 Å². The Kier molecular flexibility index (Phi) is 5.67. The molecule has 0 radical (unpaired) electrons. The van der Waals surface area contributed by atoms with Crippen molar-refractivity contribution in [2.45, 2.75) is 57.9 Å². The number of likely N-dealkylation sites (tertiary alicyclic amines) is 2. The van der Waals surface area contributed by atoms with E-state index in [9.17, 15) is 0 Å². The van der Waals surface area contributed by atoms with Gasteiger partial charge in [0.25, 0.3) is 0 Å². The molecule has 2 rings (SSSR count). The fourth-order valence-corrected chi connectivity index (χ4v) is 3.91. The summed E-state index contributed by atoms with van der Waals surface area (Å²) in [6, 6.07) is 0. The van der Waals surface area contributed by atoms with Crippen LogP contribution in [-0.4, -0.2) is 54.6 Å². The predicted octanol–water partition coefficient (Wildman–Crippen LogP) is 2.31. The molecule has 0 saturated carbocycles. The van der Waals surface area contributed by atoms with Gasteiger partial charge in [-0.3, -0.25) is 4.90 Å². The molecule has 0 aliphatic carbocycles. The lowest BCUT2D eigenvalue weighted by molar-refractivity contribution is 0.0534. The molecule has 0 aromatic heterocycles. The molecule has 2 aliphatic heterocycles. The van der Waals surface area contributed by atoms with Crippen molar-refractivity contribution in [3.05, 3.63) is 0 Å². The molecule has 0 bridgehead atoms. The standard InChI is InChI=1S/C16H33N3/c1-3-8-16(2,14-17)19-11-6-15(7-12-19)13-18-9-4-5-10-18/h15H,3-14,17H2,1-2H3. The first-order valence-electron chi connectivity index (χ1n) is 8.35. The lowest BCUT2D eigenvalue weighted by Gasteiger charge is -2.45. The molecule has 1 atom stereocenters. The Morgan fingerprint density at radius 3 is 2.26 bits per heavy atom. The molecular weight excluding hydrogens is 234 g/mol. The van der Waals surface area contributed by atoms with Gasteiger partial charge < -0.3 is 10.6 Å². The van der Waals surface area contributed by atoms with E-state index in [1.807, 2.05) is 0 Å². The van der Waals surface area contributed by atoms with E-state index in [4.69, 9.17) is 5.73 Å². The van der Waals surface area contributed by atoms with Gasteiger partial charge in [-0.05, 0) is 71.1 Å². The summed E-state index contributed by atoms with van der Waals surface area (Å²) < 4.78 is 0. The van der Waals surface area contributed by atoms with Gasteiger partial charge in [0.2, 0.25) is 0 Å². The van der Waals surface area contributed by atoms with Crippen molar-refractivity contribution in [3.8, 4) is 0 Å². The first kappa shape index (κ1) is 15.3. The third-order valence-electron chi connectivity index (χ3n) is 5.32. The van der Waals surface area contributed by atoms with Gasteiger partial charge in [-0.15, -0.1) is 0 Å². The van der Waals surface area contributed by atoms with Crippen LogP contribution >= 0.6 is 0 Å². The van der Waals surface area contributed by atoms with Crippen molar-refractivity contribution in [3.63, 3.8) is 0 Å². The predicted molar refractivity (Wildman–Crippen MR) is 82.3 cm³/mol. The summed E-state index contributed by atoms with van der Waals surface area (Å²) in [7, 11) is 0. The Bertz CT molecular complexity index is 255. The van der Waals surface area contributed by atoms with E-state index in [2.05, 4.69) is 23.6 Å². The van der Waals surface area contributed by atoms with Gasteiger partial charge in [-0.1, -0.05) is 13.3 Å². The molecule has 1 unspecified atom stereocenters. The third-order valence-corrected chi connectivity index (χ3v) is 5.32. The van der Waals surface area contributed by atoms with Gasteiger partial charge in [0.05, 0.1) is 0 Å². The van der Waals surface area contributed by atoms with Crippen molar-refractivity contribution < 1.29 is 0 Å². The number of nitrogens with zero attached hydrogens (tertiary/aromatic N) is 2. The second-order valence-corrected chi connectivity index (χ2v) is 6.89. The quantitative estimate of drug-likeness (QED) is 0.801. The second-order valence-electron chi connectivity index (χ2n) is 6.89.